The molecule has 2 amide bonds. The molecule has 1 saturated heterocycles. The number of carbonyl (C=O) groups is 2. The summed E-state index contributed by atoms with van der Waals surface area (Å²) in [4.78, 5) is 41.5. The zero-order valence-corrected chi connectivity index (χ0v) is 21.0. The molecule has 1 aromatic heterocycles. The first-order chi connectivity index (χ1) is 18.5. The average Bonchev–Trinajstić information content (AvgIpc) is 3.02. The molecule has 7 nitrogen and oxygen atoms in total. The lowest BCUT2D eigenvalue weighted by Crippen LogP contribution is -2.44. The van der Waals surface area contributed by atoms with E-state index in [0.29, 0.717) is 17.7 Å². The maximum atomic E-state index is 15.2. The summed E-state index contributed by atoms with van der Waals surface area (Å²) in [6, 6.07) is 9.22. The van der Waals surface area contributed by atoms with E-state index in [-0.39, 0.29) is 44.0 Å². The maximum absolute atomic E-state index is 15.2. The monoisotopic (exact) mass is 543 g/mol. The third-order valence-electron chi connectivity index (χ3n) is 7.07. The van der Waals surface area contributed by atoms with Gasteiger partial charge in [0, 0.05) is 49.9 Å². The summed E-state index contributed by atoms with van der Waals surface area (Å²) >= 11 is 0. The predicted molar refractivity (Wildman–Crippen MR) is 133 cm³/mol. The highest BCUT2D eigenvalue weighted by Gasteiger charge is 2.42. The van der Waals surface area contributed by atoms with E-state index in [2.05, 4.69) is 5.32 Å². The van der Waals surface area contributed by atoms with Crippen molar-refractivity contribution in [1.82, 2.24) is 14.8 Å². The van der Waals surface area contributed by atoms with Crippen molar-refractivity contribution >= 4 is 11.8 Å². The number of benzene rings is 2. The molecule has 1 N–H and O–H groups in total. The first-order valence-electron chi connectivity index (χ1n) is 12.4. The molecule has 1 fully saturated rings. The Balaban J connectivity index is 1.55. The van der Waals surface area contributed by atoms with E-state index in [4.69, 9.17) is 4.74 Å². The van der Waals surface area contributed by atoms with Gasteiger partial charge in [0.25, 0.3) is 11.8 Å². The topological polar surface area (TPSA) is 80.6 Å². The lowest BCUT2D eigenvalue weighted by atomic mass is 9.96. The zero-order chi connectivity index (χ0) is 27.9. The van der Waals surface area contributed by atoms with Crippen molar-refractivity contribution < 1.29 is 31.9 Å². The van der Waals surface area contributed by atoms with Crippen molar-refractivity contribution in [2.45, 2.75) is 44.6 Å². The van der Waals surface area contributed by atoms with Gasteiger partial charge in [0.1, 0.15) is 35.3 Å². The van der Waals surface area contributed by atoms with Gasteiger partial charge < -0.3 is 19.5 Å². The third kappa shape index (κ3) is 5.25. The molecule has 5 rings (SSSR count). The fourth-order valence-corrected chi connectivity index (χ4v) is 5.03. The molecule has 3 aromatic rings. The molecule has 2 aromatic carbocycles. The second-order valence-electron chi connectivity index (χ2n) is 10.0. The summed E-state index contributed by atoms with van der Waals surface area (Å²) < 4.78 is 63.9. The molecule has 2 aliphatic heterocycles. The van der Waals surface area contributed by atoms with E-state index in [9.17, 15) is 27.6 Å². The van der Waals surface area contributed by atoms with Crippen LogP contribution in [0, 0.1) is 17.5 Å². The van der Waals surface area contributed by atoms with E-state index in [1.165, 1.54) is 22.6 Å². The zero-order valence-electron chi connectivity index (χ0n) is 21.0. The molecule has 204 valence electrons. The van der Waals surface area contributed by atoms with Gasteiger partial charge in [0.15, 0.2) is 11.4 Å². The number of pyridine rings is 1. The van der Waals surface area contributed by atoms with E-state index >= 15 is 4.39 Å². The van der Waals surface area contributed by atoms with Crippen LogP contribution in [0.4, 0.5) is 17.6 Å². The Kier molecular flexibility index (Phi) is 6.92. The van der Waals surface area contributed by atoms with Crippen molar-refractivity contribution in [2.24, 2.45) is 0 Å². The number of rotatable bonds is 6. The highest BCUT2D eigenvalue weighted by atomic mass is 19.2. The van der Waals surface area contributed by atoms with E-state index in [0.717, 1.165) is 0 Å². The molecule has 0 unspecified atom stereocenters. The number of nitrogens with zero attached hydrogens (tertiary/aromatic N) is 2. The van der Waals surface area contributed by atoms with Gasteiger partial charge in [-0.1, -0.05) is 30.3 Å². The summed E-state index contributed by atoms with van der Waals surface area (Å²) in [7, 11) is 0. The number of carbonyl (C=O) groups excluding carboxylic acids is 2. The van der Waals surface area contributed by atoms with Gasteiger partial charge in [-0.05, 0) is 18.9 Å². The quantitative estimate of drug-likeness (QED) is 0.471. The molecule has 0 aliphatic carbocycles. The minimum atomic E-state index is -1.60. The number of hydrogen-bond acceptors (Lipinski definition) is 4. The summed E-state index contributed by atoms with van der Waals surface area (Å²) in [5, 5.41) is 2.28. The molecule has 11 heteroatoms. The number of nitrogens with one attached hydrogen (secondary N) is 1. The number of ether oxygens (including phenoxy) is 1. The Bertz CT molecular complexity index is 1480. The van der Waals surface area contributed by atoms with Gasteiger partial charge in [0.05, 0.1) is 6.04 Å². The van der Waals surface area contributed by atoms with Gasteiger partial charge in [0.2, 0.25) is 5.43 Å². The minimum Gasteiger partial charge on any atom is -0.483 e. The highest BCUT2D eigenvalue weighted by Crippen LogP contribution is 2.38. The first-order valence-corrected chi connectivity index (χ1v) is 12.4. The Hall–Kier alpha value is -4.15. The van der Waals surface area contributed by atoms with Crippen molar-refractivity contribution in [2.75, 3.05) is 13.1 Å². The molecule has 3 heterocycles. The maximum Gasteiger partial charge on any atom is 0.274 e. The van der Waals surface area contributed by atoms with Crippen molar-refractivity contribution in [3.05, 3.63) is 98.7 Å². The molecular formula is C28H25F4N3O4. The van der Waals surface area contributed by atoms with Crippen molar-refractivity contribution in [3.63, 3.8) is 0 Å². The van der Waals surface area contributed by atoms with Crippen LogP contribution < -0.4 is 15.5 Å². The Morgan fingerprint density at radius 3 is 2.51 bits per heavy atom. The molecule has 2 atom stereocenters. The first kappa shape index (κ1) is 26.5. The lowest BCUT2D eigenvalue weighted by molar-refractivity contribution is 0.0673. The molecule has 0 saturated carbocycles. The third-order valence-corrected chi connectivity index (χ3v) is 7.07. The Labute approximate surface area is 221 Å². The second-order valence-corrected chi connectivity index (χ2v) is 10.0. The van der Waals surface area contributed by atoms with Crippen LogP contribution in [0.15, 0.2) is 53.5 Å². The van der Waals surface area contributed by atoms with Crippen LogP contribution in [0.1, 0.15) is 57.8 Å². The Morgan fingerprint density at radius 1 is 1.13 bits per heavy atom. The normalized spacial score (nSPS) is 20.3. The Morgan fingerprint density at radius 2 is 1.82 bits per heavy atom. The molecule has 0 spiro atoms. The summed E-state index contributed by atoms with van der Waals surface area (Å²) in [5.74, 6) is -5.40. The van der Waals surface area contributed by atoms with Gasteiger partial charge in [-0.25, -0.2) is 17.6 Å². The van der Waals surface area contributed by atoms with Crippen LogP contribution in [0.2, 0.25) is 0 Å². The second kappa shape index (κ2) is 10.2. The number of hydrogen-bond donors (Lipinski definition) is 1. The number of fused-ring (bicyclic) bond motifs is 4. The standard InChI is InChI=1S/C28H25F4N3O4/c1-28(32)7-8-34-13-18(11-28)35-14-20(26(37)33-12-19-21(30)9-17(29)10-22(19)31)24(36)25(23(35)27(34)38)39-15-16-5-3-2-4-6-16/h2-6,9-10,14,18H,7-8,11-13,15H2,1H3,(H,33,37)/t18-,28-/m0/s1. The smallest absolute Gasteiger partial charge is 0.274 e. The van der Waals surface area contributed by atoms with Crippen LogP contribution >= 0.6 is 0 Å². The van der Waals surface area contributed by atoms with Gasteiger partial charge >= 0.3 is 0 Å². The molecule has 0 radical (unpaired) electrons. The van der Waals surface area contributed by atoms with Crippen molar-refractivity contribution in [3.8, 4) is 5.75 Å². The van der Waals surface area contributed by atoms with Gasteiger partial charge in [-0.3, -0.25) is 14.4 Å². The van der Waals surface area contributed by atoms with E-state index in [1.807, 2.05) is 0 Å². The number of amides is 2. The molecule has 39 heavy (non-hydrogen) atoms. The van der Waals surface area contributed by atoms with Crippen LogP contribution in [0.3, 0.4) is 0 Å². The molecular weight excluding hydrogens is 518 g/mol. The number of halogens is 4. The van der Waals surface area contributed by atoms with Crippen LogP contribution in [-0.4, -0.2) is 40.0 Å². The van der Waals surface area contributed by atoms with Crippen LogP contribution in [0.25, 0.3) is 0 Å². The summed E-state index contributed by atoms with van der Waals surface area (Å²) in [5.41, 5.74) is -2.93. The van der Waals surface area contributed by atoms with Crippen LogP contribution in [-0.2, 0) is 13.2 Å². The van der Waals surface area contributed by atoms with Crippen LogP contribution in [0.5, 0.6) is 5.75 Å². The largest absolute Gasteiger partial charge is 0.483 e. The highest BCUT2D eigenvalue weighted by molar-refractivity contribution is 5.99. The van der Waals surface area contributed by atoms with Gasteiger partial charge in [-0.15, -0.1) is 0 Å². The van der Waals surface area contributed by atoms with E-state index in [1.54, 1.807) is 30.3 Å². The van der Waals surface area contributed by atoms with Gasteiger partial charge in [-0.2, -0.15) is 0 Å². The molecule has 2 aliphatic rings. The molecule has 2 bridgehead atoms. The van der Waals surface area contributed by atoms with Crippen molar-refractivity contribution in [1.29, 1.82) is 0 Å². The number of alkyl halides is 1. The number of aromatic nitrogens is 1. The SMILES string of the molecule is C[C@]1(F)CCN2C[C@H](C1)n1cc(C(=O)NCc3c(F)cc(F)cc3F)c(=O)c(OCc3ccccc3)c1C2=O. The lowest BCUT2D eigenvalue weighted by Gasteiger charge is -2.35. The predicted octanol–water partition coefficient (Wildman–Crippen LogP) is 4.29. The minimum absolute atomic E-state index is 0.0256. The summed E-state index contributed by atoms with van der Waals surface area (Å²) in [6.07, 6.45) is 1.30. The fraction of sp³-hybridized carbons (Fsp3) is 0.321. The van der Waals surface area contributed by atoms with E-state index < -0.39 is 64.1 Å². The average molecular weight is 544 g/mol. The summed E-state index contributed by atoms with van der Waals surface area (Å²) in [6.45, 7) is 1.02. The fourth-order valence-electron chi connectivity index (χ4n) is 5.03.